The van der Waals surface area contributed by atoms with Crippen LogP contribution in [0.5, 0.6) is 0 Å². The molecule has 3 N–H and O–H groups in total. The van der Waals surface area contributed by atoms with E-state index in [-0.39, 0.29) is 18.0 Å². The number of nitrogens with zero attached hydrogens (tertiary/aromatic N) is 2. The lowest BCUT2D eigenvalue weighted by Gasteiger charge is -2.01. The van der Waals surface area contributed by atoms with Gasteiger partial charge in [0.25, 0.3) is 0 Å². The number of amides is 2. The standard InChI is InChI=1S/2C8H7FN2O3/c1-5(12)10-6-2-3-7(9)8(4-6)11(13)14;9-6-2-1-5(4-8(10)12)3-7(6)11(13)14/h2-4H,1H3,(H,10,12);1-3H,4H2,(H2,10,12). The van der Waals surface area contributed by atoms with E-state index in [1.165, 1.54) is 19.1 Å². The van der Waals surface area contributed by atoms with Crippen LogP contribution >= 0.6 is 0 Å². The SMILES string of the molecule is CC(=O)Nc1ccc(F)c([N+](=O)[O-])c1.NC(=O)Cc1ccc(F)c([N+](=O)[O-])c1. The van der Waals surface area contributed by atoms with Crippen LogP contribution in [0.4, 0.5) is 25.8 Å². The summed E-state index contributed by atoms with van der Waals surface area (Å²) in [6, 6.07) is 6.38. The van der Waals surface area contributed by atoms with Gasteiger partial charge in [0.1, 0.15) is 0 Å². The highest BCUT2D eigenvalue weighted by atomic mass is 19.1. The minimum absolute atomic E-state index is 0.138. The predicted molar refractivity (Wildman–Crippen MR) is 93.3 cm³/mol. The number of nitro groups is 2. The topological polar surface area (TPSA) is 158 Å². The van der Waals surface area contributed by atoms with Gasteiger partial charge in [-0.15, -0.1) is 0 Å². The van der Waals surface area contributed by atoms with Crippen LogP contribution in [-0.4, -0.2) is 21.7 Å². The van der Waals surface area contributed by atoms with Gasteiger partial charge in [-0.2, -0.15) is 8.78 Å². The number of benzene rings is 2. The minimum Gasteiger partial charge on any atom is -0.369 e. The molecule has 0 fully saturated rings. The summed E-state index contributed by atoms with van der Waals surface area (Å²) in [7, 11) is 0. The van der Waals surface area contributed by atoms with Gasteiger partial charge in [0.05, 0.1) is 16.3 Å². The van der Waals surface area contributed by atoms with Gasteiger partial charge < -0.3 is 11.1 Å². The molecule has 0 saturated carbocycles. The lowest BCUT2D eigenvalue weighted by atomic mass is 10.1. The Morgan fingerprint density at radius 3 is 1.96 bits per heavy atom. The van der Waals surface area contributed by atoms with Gasteiger partial charge in [-0.25, -0.2) is 0 Å². The van der Waals surface area contributed by atoms with E-state index in [4.69, 9.17) is 5.73 Å². The first kappa shape index (κ1) is 22.1. The van der Waals surface area contributed by atoms with E-state index in [0.717, 1.165) is 24.3 Å². The number of carbonyl (C=O) groups excluding carboxylic acids is 2. The van der Waals surface area contributed by atoms with Crippen LogP contribution in [-0.2, 0) is 16.0 Å². The number of primary amides is 1. The van der Waals surface area contributed by atoms with Crippen LogP contribution in [0.1, 0.15) is 12.5 Å². The minimum atomic E-state index is -0.928. The molecule has 0 aliphatic carbocycles. The van der Waals surface area contributed by atoms with Crippen molar-refractivity contribution in [1.82, 2.24) is 0 Å². The molecule has 0 aliphatic heterocycles. The Balaban J connectivity index is 0.000000280. The second-order valence-corrected chi connectivity index (χ2v) is 5.29. The molecule has 0 atom stereocenters. The van der Waals surface area contributed by atoms with Gasteiger partial charge in [-0.3, -0.25) is 29.8 Å². The summed E-state index contributed by atoms with van der Waals surface area (Å²) in [6.45, 7) is 1.26. The lowest BCUT2D eigenvalue weighted by Crippen LogP contribution is -2.13. The van der Waals surface area contributed by atoms with Crippen molar-refractivity contribution >= 4 is 28.9 Å². The largest absolute Gasteiger partial charge is 0.369 e. The molecule has 0 unspecified atom stereocenters. The maximum atomic E-state index is 12.8. The third-order valence-electron chi connectivity index (χ3n) is 3.05. The molecule has 12 heteroatoms. The number of anilines is 1. The molecule has 0 radical (unpaired) electrons. The first-order valence-electron chi connectivity index (χ1n) is 7.44. The summed E-state index contributed by atoms with van der Waals surface area (Å²) in [4.78, 5) is 40.0. The van der Waals surface area contributed by atoms with Crippen molar-refractivity contribution in [2.24, 2.45) is 5.73 Å². The number of rotatable bonds is 5. The van der Waals surface area contributed by atoms with Crippen LogP contribution in [0.2, 0.25) is 0 Å². The Labute approximate surface area is 156 Å². The molecule has 0 spiro atoms. The molecule has 0 aromatic heterocycles. The zero-order chi connectivity index (χ0) is 21.4. The van der Waals surface area contributed by atoms with E-state index in [2.05, 4.69) is 5.32 Å². The monoisotopic (exact) mass is 396 g/mol. The number of carbonyl (C=O) groups is 2. The molecule has 0 saturated heterocycles. The van der Waals surface area contributed by atoms with Crippen LogP contribution in [0.25, 0.3) is 0 Å². The number of nitrogens with two attached hydrogens (primary N) is 1. The summed E-state index contributed by atoms with van der Waals surface area (Å²) in [5.41, 5.74) is 4.10. The van der Waals surface area contributed by atoms with Crippen molar-refractivity contribution in [1.29, 1.82) is 0 Å². The van der Waals surface area contributed by atoms with Gasteiger partial charge in [0.15, 0.2) is 0 Å². The smallest absolute Gasteiger partial charge is 0.306 e. The zero-order valence-electron chi connectivity index (χ0n) is 14.3. The average molecular weight is 396 g/mol. The normalized spacial score (nSPS) is 9.68. The van der Waals surface area contributed by atoms with E-state index in [0.29, 0.717) is 5.56 Å². The van der Waals surface area contributed by atoms with E-state index >= 15 is 0 Å². The first-order valence-corrected chi connectivity index (χ1v) is 7.44. The van der Waals surface area contributed by atoms with Crippen molar-refractivity contribution in [3.8, 4) is 0 Å². The van der Waals surface area contributed by atoms with Gasteiger partial charge in [0, 0.05) is 24.7 Å². The summed E-state index contributed by atoms with van der Waals surface area (Å²) in [5.74, 6) is -2.84. The Kier molecular flexibility index (Phi) is 7.62. The highest BCUT2D eigenvalue weighted by molar-refractivity contribution is 5.89. The average Bonchev–Trinajstić information content (AvgIpc) is 2.57. The molecule has 0 aliphatic rings. The fourth-order valence-electron chi connectivity index (χ4n) is 1.94. The van der Waals surface area contributed by atoms with E-state index in [9.17, 15) is 38.6 Å². The molecule has 148 valence electrons. The van der Waals surface area contributed by atoms with Crippen molar-refractivity contribution in [2.75, 3.05) is 5.32 Å². The van der Waals surface area contributed by atoms with Crippen LogP contribution in [0.15, 0.2) is 36.4 Å². The molecule has 0 heterocycles. The van der Waals surface area contributed by atoms with Crippen LogP contribution in [0, 0.1) is 31.9 Å². The highest BCUT2D eigenvalue weighted by Gasteiger charge is 2.15. The quantitative estimate of drug-likeness (QED) is 0.583. The Morgan fingerprint density at radius 1 is 1.00 bits per heavy atom. The van der Waals surface area contributed by atoms with Crippen molar-refractivity contribution in [2.45, 2.75) is 13.3 Å². The number of nitro benzene ring substituents is 2. The number of halogens is 2. The van der Waals surface area contributed by atoms with Crippen molar-refractivity contribution in [3.05, 3.63) is 73.8 Å². The van der Waals surface area contributed by atoms with Crippen molar-refractivity contribution < 1.29 is 28.2 Å². The fraction of sp³-hybridized carbons (Fsp3) is 0.125. The third kappa shape index (κ3) is 6.74. The Hall–Kier alpha value is -3.96. The molecule has 2 amide bonds. The summed E-state index contributed by atoms with van der Waals surface area (Å²) in [6.07, 6.45) is -0.138. The van der Waals surface area contributed by atoms with Gasteiger partial charge in [0.2, 0.25) is 23.4 Å². The Morgan fingerprint density at radius 2 is 1.50 bits per heavy atom. The lowest BCUT2D eigenvalue weighted by molar-refractivity contribution is -0.387. The number of hydrogen-bond donors (Lipinski definition) is 2. The molecular formula is C16H14F2N4O6. The molecule has 28 heavy (non-hydrogen) atoms. The maximum Gasteiger partial charge on any atom is 0.306 e. The summed E-state index contributed by atoms with van der Waals surface area (Å²) < 4.78 is 25.6. The van der Waals surface area contributed by atoms with Crippen LogP contribution < -0.4 is 11.1 Å². The molecule has 2 aromatic carbocycles. The predicted octanol–water partition coefficient (Wildman–Crippen LogP) is 2.45. The second kappa shape index (κ2) is 9.66. The molecule has 2 aromatic rings. The number of hydrogen-bond acceptors (Lipinski definition) is 6. The van der Waals surface area contributed by atoms with Crippen LogP contribution in [0.3, 0.4) is 0 Å². The molecular weight excluding hydrogens is 382 g/mol. The Bertz CT molecular complexity index is 860. The second-order valence-electron chi connectivity index (χ2n) is 5.29. The maximum absolute atomic E-state index is 12.8. The molecule has 0 bridgehead atoms. The number of nitrogens with one attached hydrogen (secondary N) is 1. The van der Waals surface area contributed by atoms with Gasteiger partial charge >= 0.3 is 11.4 Å². The van der Waals surface area contributed by atoms with E-state index < -0.39 is 38.8 Å². The first-order chi connectivity index (χ1) is 13.0. The van der Waals surface area contributed by atoms with Crippen molar-refractivity contribution in [3.63, 3.8) is 0 Å². The molecule has 2 rings (SSSR count). The third-order valence-corrected chi connectivity index (χ3v) is 3.05. The summed E-state index contributed by atoms with van der Waals surface area (Å²) >= 11 is 0. The fourth-order valence-corrected chi connectivity index (χ4v) is 1.94. The summed E-state index contributed by atoms with van der Waals surface area (Å²) in [5, 5.41) is 22.9. The zero-order valence-corrected chi connectivity index (χ0v) is 14.3. The van der Waals surface area contributed by atoms with E-state index in [1.54, 1.807) is 0 Å². The highest BCUT2D eigenvalue weighted by Crippen LogP contribution is 2.21. The van der Waals surface area contributed by atoms with Gasteiger partial charge in [-0.1, -0.05) is 6.07 Å². The van der Waals surface area contributed by atoms with E-state index in [1.807, 2.05) is 0 Å². The van der Waals surface area contributed by atoms with Gasteiger partial charge in [-0.05, 0) is 23.8 Å². The molecule has 10 nitrogen and oxygen atoms in total.